The zero-order chi connectivity index (χ0) is 38.1. The van der Waals surface area contributed by atoms with Crippen LogP contribution in [0, 0.1) is 0 Å². The number of nitrogens with zero attached hydrogens (tertiary/aromatic N) is 3. The lowest BCUT2D eigenvalue weighted by Crippen LogP contribution is -2.49. The fourth-order valence-corrected chi connectivity index (χ4v) is 10.2. The van der Waals surface area contributed by atoms with E-state index in [2.05, 4.69) is 157 Å². The predicted octanol–water partition coefficient (Wildman–Crippen LogP) is 10.7. The van der Waals surface area contributed by atoms with E-state index in [9.17, 15) is 5.21 Å². The molecular weight excluding hydrogens is 691 g/mol. The molecule has 0 spiro atoms. The van der Waals surface area contributed by atoms with Gasteiger partial charge in [0.1, 0.15) is 24.6 Å². The standard InChI is InChI=1S/C50H50N3O3/c1-49(2)43-20-12-11-19-39(43)46-41-33-44(52-29-27-51(28-30-52)37-17-9-5-10-18-37)45(55-3)34-42(41)48-40(47(46)49)25-26-50(56-48,35-15-7-4-8-16-35)36-21-23-38(24-22-36)53(54)31-13-6-14-32-53/h4-5,7-12,15-26,33-34,54H,6,13-14,27-32H2,1-3H3/q+1. The van der Waals surface area contributed by atoms with Crippen LogP contribution in [0.2, 0.25) is 0 Å². The van der Waals surface area contributed by atoms with E-state index < -0.39 is 5.60 Å². The highest BCUT2D eigenvalue weighted by molar-refractivity contribution is 6.10. The third kappa shape index (κ3) is 5.37. The van der Waals surface area contributed by atoms with Gasteiger partial charge in [0.2, 0.25) is 0 Å². The van der Waals surface area contributed by atoms with Gasteiger partial charge < -0.3 is 19.3 Å². The van der Waals surface area contributed by atoms with Gasteiger partial charge in [0, 0.05) is 84.3 Å². The maximum atomic E-state index is 11.6. The number of quaternary nitrogens is 1. The molecule has 1 N–H and O–H groups in total. The molecule has 0 saturated carbocycles. The molecule has 1 unspecified atom stereocenters. The first-order valence-electron chi connectivity index (χ1n) is 20.3. The second-order valence-electron chi connectivity index (χ2n) is 16.6. The number of rotatable bonds is 6. The summed E-state index contributed by atoms with van der Waals surface area (Å²) in [5.74, 6) is 1.72. The predicted molar refractivity (Wildman–Crippen MR) is 229 cm³/mol. The molecule has 1 atom stereocenters. The number of hydrogen-bond acceptors (Lipinski definition) is 5. The normalized spacial score (nSPS) is 20.6. The molecule has 2 saturated heterocycles. The summed E-state index contributed by atoms with van der Waals surface area (Å²) in [7, 11) is 1.79. The molecule has 10 rings (SSSR count). The molecule has 1 aliphatic carbocycles. The Labute approximate surface area is 330 Å². The van der Waals surface area contributed by atoms with Gasteiger partial charge in [-0.1, -0.05) is 92.7 Å². The second kappa shape index (κ2) is 13.3. The van der Waals surface area contributed by atoms with Crippen LogP contribution < -0.4 is 23.9 Å². The molecule has 0 radical (unpaired) electrons. The van der Waals surface area contributed by atoms with Crippen molar-refractivity contribution in [2.75, 3.05) is 56.2 Å². The van der Waals surface area contributed by atoms with Crippen molar-refractivity contribution in [2.24, 2.45) is 0 Å². The molecule has 6 nitrogen and oxygen atoms in total. The van der Waals surface area contributed by atoms with Crippen LogP contribution in [-0.4, -0.2) is 51.6 Å². The molecule has 3 aliphatic heterocycles. The minimum absolute atomic E-state index is 0.00596. The Balaban J connectivity index is 1.15. The molecular formula is C50H50N3O3+. The number of piperidine rings is 1. The number of methoxy groups -OCH3 is 1. The molecule has 4 aliphatic rings. The average Bonchev–Trinajstić information content (AvgIpc) is 3.50. The van der Waals surface area contributed by atoms with Crippen LogP contribution in [-0.2, 0) is 11.0 Å². The Morgan fingerprint density at radius 3 is 2.05 bits per heavy atom. The topological polar surface area (TPSA) is 45.2 Å². The molecule has 3 heterocycles. The van der Waals surface area contributed by atoms with E-state index in [-0.39, 0.29) is 10.1 Å². The summed E-state index contributed by atoms with van der Waals surface area (Å²) in [6, 6.07) is 43.4. The Morgan fingerprint density at radius 2 is 1.34 bits per heavy atom. The minimum Gasteiger partial charge on any atom is -0.495 e. The second-order valence-corrected chi connectivity index (χ2v) is 16.6. The van der Waals surface area contributed by atoms with Gasteiger partial charge in [-0.2, -0.15) is 4.65 Å². The molecule has 0 amide bonds. The summed E-state index contributed by atoms with van der Waals surface area (Å²) >= 11 is 0. The SMILES string of the molecule is COc1cc2c3c(c4c(c2cc1N1CCN(c2ccccc2)CC1)-c1ccccc1C4(C)C)C=CC(c1ccccc1)(c1ccc([N+]2(O)CCCCC2)cc1)O3. The van der Waals surface area contributed by atoms with Crippen molar-refractivity contribution >= 4 is 33.9 Å². The third-order valence-electron chi connectivity index (χ3n) is 13.1. The summed E-state index contributed by atoms with van der Waals surface area (Å²) in [5, 5.41) is 13.8. The summed E-state index contributed by atoms with van der Waals surface area (Å²) in [5.41, 5.74) is 10.6. The van der Waals surface area contributed by atoms with Crippen molar-refractivity contribution in [3.8, 4) is 22.6 Å². The van der Waals surface area contributed by atoms with Crippen LogP contribution in [0.25, 0.3) is 28.0 Å². The maximum absolute atomic E-state index is 11.6. The van der Waals surface area contributed by atoms with Gasteiger partial charge in [-0.25, -0.2) is 5.21 Å². The number of hydroxylamine groups is 2. The highest BCUT2D eigenvalue weighted by Gasteiger charge is 2.45. The maximum Gasteiger partial charge on any atom is 0.178 e. The molecule has 6 aromatic rings. The first kappa shape index (κ1) is 34.9. The minimum atomic E-state index is -0.897. The Kier molecular flexibility index (Phi) is 8.28. The lowest BCUT2D eigenvalue weighted by atomic mass is 9.76. The number of hydrogen-bond donors (Lipinski definition) is 1. The first-order chi connectivity index (χ1) is 27.3. The van der Waals surface area contributed by atoms with Crippen LogP contribution in [0.1, 0.15) is 60.9 Å². The van der Waals surface area contributed by atoms with Crippen LogP contribution in [0.4, 0.5) is 17.1 Å². The van der Waals surface area contributed by atoms with E-state index in [1.54, 1.807) is 7.11 Å². The number of benzene rings is 6. The largest absolute Gasteiger partial charge is 0.495 e. The van der Waals surface area contributed by atoms with E-state index in [1.807, 2.05) is 0 Å². The van der Waals surface area contributed by atoms with Crippen molar-refractivity contribution < 1.29 is 14.7 Å². The Morgan fingerprint density at radius 1 is 0.696 bits per heavy atom. The lowest BCUT2D eigenvalue weighted by Gasteiger charge is -2.39. The summed E-state index contributed by atoms with van der Waals surface area (Å²) < 4.78 is 13.9. The van der Waals surface area contributed by atoms with Crippen molar-refractivity contribution in [1.29, 1.82) is 0 Å². The number of para-hydroxylation sites is 1. The van der Waals surface area contributed by atoms with E-state index >= 15 is 0 Å². The zero-order valence-corrected chi connectivity index (χ0v) is 32.7. The van der Waals surface area contributed by atoms with E-state index in [0.717, 1.165) is 97.1 Å². The zero-order valence-electron chi connectivity index (χ0n) is 32.7. The summed E-state index contributed by atoms with van der Waals surface area (Å²) in [6.07, 6.45) is 7.81. The van der Waals surface area contributed by atoms with Crippen molar-refractivity contribution in [2.45, 2.75) is 44.1 Å². The molecule has 282 valence electrons. The van der Waals surface area contributed by atoms with Gasteiger partial charge in [0.05, 0.1) is 12.8 Å². The quantitative estimate of drug-likeness (QED) is 0.172. The Bertz CT molecular complexity index is 2460. The number of fused-ring (bicyclic) bond motifs is 8. The number of anilines is 2. The molecule has 6 heteroatoms. The van der Waals surface area contributed by atoms with Gasteiger partial charge in [-0.15, -0.1) is 0 Å². The van der Waals surface area contributed by atoms with Crippen molar-refractivity contribution in [1.82, 2.24) is 4.65 Å². The highest BCUT2D eigenvalue weighted by Crippen LogP contribution is 2.59. The fraction of sp³-hybridized carbons (Fsp3) is 0.280. The van der Waals surface area contributed by atoms with Gasteiger partial charge in [-0.05, 0) is 76.5 Å². The summed E-state index contributed by atoms with van der Waals surface area (Å²) in [4.78, 5) is 4.96. The molecule has 0 bridgehead atoms. The van der Waals surface area contributed by atoms with Crippen molar-refractivity contribution in [3.05, 3.63) is 155 Å². The van der Waals surface area contributed by atoms with Crippen LogP contribution in [0.5, 0.6) is 11.5 Å². The van der Waals surface area contributed by atoms with Crippen LogP contribution in [0.3, 0.4) is 0 Å². The van der Waals surface area contributed by atoms with Crippen LogP contribution in [0.15, 0.2) is 127 Å². The van der Waals surface area contributed by atoms with Gasteiger partial charge in [-0.3, -0.25) is 0 Å². The third-order valence-corrected chi connectivity index (χ3v) is 13.1. The highest BCUT2D eigenvalue weighted by atomic mass is 16.5. The van der Waals surface area contributed by atoms with E-state index in [0.29, 0.717) is 0 Å². The molecule has 0 aromatic heterocycles. The van der Waals surface area contributed by atoms with Gasteiger partial charge in [0.25, 0.3) is 0 Å². The average molecular weight is 741 g/mol. The lowest BCUT2D eigenvalue weighted by molar-refractivity contribution is -0.0923. The fourth-order valence-electron chi connectivity index (χ4n) is 10.2. The van der Waals surface area contributed by atoms with Gasteiger partial charge in [0.15, 0.2) is 11.3 Å². The van der Waals surface area contributed by atoms with Crippen LogP contribution >= 0.6 is 0 Å². The monoisotopic (exact) mass is 740 g/mol. The van der Waals surface area contributed by atoms with Crippen molar-refractivity contribution in [3.63, 3.8) is 0 Å². The Hall–Kier alpha value is -5.56. The van der Waals surface area contributed by atoms with E-state index in [4.69, 9.17) is 9.47 Å². The first-order valence-corrected chi connectivity index (χ1v) is 20.3. The molecule has 56 heavy (non-hydrogen) atoms. The summed E-state index contributed by atoms with van der Waals surface area (Å²) in [6.45, 7) is 9.87. The molecule has 2 fully saturated rings. The smallest absolute Gasteiger partial charge is 0.178 e. The number of piperazine rings is 1. The van der Waals surface area contributed by atoms with Gasteiger partial charge >= 0.3 is 0 Å². The number of ether oxygens (including phenoxy) is 2. The molecule has 6 aromatic carbocycles. The van der Waals surface area contributed by atoms with E-state index in [1.165, 1.54) is 39.7 Å².